The Hall–Kier alpha value is -1.40. The Labute approximate surface area is 128 Å². The zero-order chi connectivity index (χ0) is 14.3. The van der Waals surface area contributed by atoms with E-state index >= 15 is 0 Å². The van der Waals surface area contributed by atoms with Crippen LogP contribution in [-0.4, -0.2) is 9.55 Å². The molecule has 2 aromatic heterocycles. The van der Waals surface area contributed by atoms with E-state index in [1.807, 2.05) is 4.57 Å². The molecule has 2 heterocycles. The van der Waals surface area contributed by atoms with Gasteiger partial charge in [-0.2, -0.15) is 0 Å². The predicted molar refractivity (Wildman–Crippen MR) is 84.6 cm³/mol. The van der Waals surface area contributed by atoms with Crippen molar-refractivity contribution in [2.45, 2.75) is 19.9 Å². The minimum atomic E-state index is -0.327. The van der Waals surface area contributed by atoms with E-state index in [0.717, 1.165) is 11.9 Å². The van der Waals surface area contributed by atoms with Crippen molar-refractivity contribution >= 4 is 44.2 Å². The topological polar surface area (TPSA) is 43.8 Å². The smallest absolute Gasteiger partial charge is 0.201 e. The molecule has 0 amide bonds. The molecule has 0 aliphatic rings. The Morgan fingerprint density at radius 1 is 1.35 bits per heavy atom. The van der Waals surface area contributed by atoms with Crippen LogP contribution < -0.4 is 5.73 Å². The number of hydrogen-bond donors (Lipinski definition) is 1. The van der Waals surface area contributed by atoms with E-state index in [0.29, 0.717) is 22.5 Å². The Balaban J connectivity index is 2.06. The Kier molecular flexibility index (Phi) is 3.52. The number of thiophene rings is 1. The molecule has 0 saturated heterocycles. The van der Waals surface area contributed by atoms with E-state index in [9.17, 15) is 4.39 Å². The van der Waals surface area contributed by atoms with Crippen molar-refractivity contribution in [2.24, 2.45) is 0 Å². The van der Waals surface area contributed by atoms with Crippen LogP contribution >= 0.6 is 27.3 Å². The summed E-state index contributed by atoms with van der Waals surface area (Å²) in [6, 6.07) is 7.36. The molecule has 3 nitrogen and oxygen atoms in total. The first kappa shape index (κ1) is 13.6. The highest BCUT2D eigenvalue weighted by Crippen LogP contribution is 2.27. The quantitative estimate of drug-likeness (QED) is 0.766. The number of anilines is 1. The summed E-state index contributed by atoms with van der Waals surface area (Å²) in [5.41, 5.74) is 7.37. The summed E-state index contributed by atoms with van der Waals surface area (Å²) in [6.45, 7) is 2.79. The molecule has 0 fully saturated rings. The summed E-state index contributed by atoms with van der Waals surface area (Å²) in [6.07, 6.45) is 1.03. The third kappa shape index (κ3) is 2.33. The zero-order valence-corrected chi connectivity index (χ0v) is 13.3. The number of hydrogen-bond acceptors (Lipinski definition) is 3. The van der Waals surface area contributed by atoms with Gasteiger partial charge in [-0.25, -0.2) is 9.37 Å². The van der Waals surface area contributed by atoms with Crippen molar-refractivity contribution in [1.29, 1.82) is 0 Å². The lowest BCUT2D eigenvalue weighted by Gasteiger charge is -2.05. The van der Waals surface area contributed by atoms with Crippen molar-refractivity contribution in [3.63, 3.8) is 0 Å². The Morgan fingerprint density at radius 2 is 2.10 bits per heavy atom. The van der Waals surface area contributed by atoms with Crippen LogP contribution in [0.3, 0.4) is 0 Å². The number of aryl methyl sites for hydroxylation is 1. The van der Waals surface area contributed by atoms with Gasteiger partial charge in [0.15, 0.2) is 0 Å². The van der Waals surface area contributed by atoms with Gasteiger partial charge in [-0.1, -0.05) is 6.92 Å². The zero-order valence-electron chi connectivity index (χ0n) is 10.9. The molecule has 0 atom stereocenters. The molecule has 6 heteroatoms. The van der Waals surface area contributed by atoms with Gasteiger partial charge in [0.25, 0.3) is 0 Å². The van der Waals surface area contributed by atoms with Crippen LogP contribution in [0.5, 0.6) is 0 Å². The van der Waals surface area contributed by atoms with Gasteiger partial charge in [0.05, 0.1) is 22.1 Å². The van der Waals surface area contributed by atoms with Crippen molar-refractivity contribution < 1.29 is 4.39 Å². The molecule has 104 valence electrons. The van der Waals surface area contributed by atoms with E-state index in [2.05, 4.69) is 40.0 Å². The van der Waals surface area contributed by atoms with Crippen LogP contribution in [0.25, 0.3) is 11.0 Å². The van der Waals surface area contributed by atoms with Crippen LogP contribution in [0, 0.1) is 5.82 Å². The SMILES string of the molecule is CCc1ccc(Cn2c(N)nc3cc(F)c(Br)cc32)s1. The largest absolute Gasteiger partial charge is 0.369 e. The van der Waals surface area contributed by atoms with E-state index in [1.165, 1.54) is 15.8 Å². The third-order valence-electron chi connectivity index (χ3n) is 3.20. The molecule has 0 saturated carbocycles. The van der Waals surface area contributed by atoms with E-state index in [1.54, 1.807) is 17.4 Å². The summed E-state index contributed by atoms with van der Waals surface area (Å²) in [7, 11) is 0. The molecule has 2 N–H and O–H groups in total. The number of halogens is 2. The molecule has 3 aromatic rings. The van der Waals surface area contributed by atoms with E-state index in [4.69, 9.17) is 5.73 Å². The van der Waals surface area contributed by atoms with Gasteiger partial charge in [0.2, 0.25) is 5.95 Å². The highest BCUT2D eigenvalue weighted by atomic mass is 79.9. The maximum absolute atomic E-state index is 13.5. The summed E-state index contributed by atoms with van der Waals surface area (Å²) in [5, 5.41) is 0. The Bertz CT molecular complexity index is 778. The third-order valence-corrected chi connectivity index (χ3v) is 5.02. The molecule has 0 aliphatic carbocycles. The second kappa shape index (κ2) is 5.18. The fourth-order valence-electron chi connectivity index (χ4n) is 2.16. The fraction of sp³-hybridized carbons (Fsp3) is 0.214. The lowest BCUT2D eigenvalue weighted by Crippen LogP contribution is -2.03. The van der Waals surface area contributed by atoms with Crippen molar-refractivity contribution in [3.05, 3.63) is 44.3 Å². The van der Waals surface area contributed by atoms with Crippen molar-refractivity contribution in [1.82, 2.24) is 9.55 Å². The van der Waals surface area contributed by atoms with Crippen LogP contribution in [0.1, 0.15) is 16.7 Å². The standard InChI is InChI=1S/C14H13BrFN3S/c1-2-8-3-4-9(20-8)7-19-13-5-10(15)11(16)6-12(13)18-14(19)17/h3-6H,2,7H2,1H3,(H2,17,18). The number of fused-ring (bicyclic) bond motifs is 1. The average Bonchev–Trinajstić information content (AvgIpc) is 2.98. The average molecular weight is 354 g/mol. The highest BCUT2D eigenvalue weighted by Gasteiger charge is 2.12. The van der Waals surface area contributed by atoms with Crippen LogP contribution in [0.15, 0.2) is 28.7 Å². The van der Waals surface area contributed by atoms with Gasteiger partial charge >= 0.3 is 0 Å². The van der Waals surface area contributed by atoms with Gasteiger partial charge in [-0.3, -0.25) is 0 Å². The molecular formula is C14H13BrFN3S. The highest BCUT2D eigenvalue weighted by molar-refractivity contribution is 9.10. The number of benzene rings is 1. The van der Waals surface area contributed by atoms with Gasteiger partial charge in [-0.15, -0.1) is 11.3 Å². The number of aromatic nitrogens is 2. The number of nitrogens with two attached hydrogens (primary N) is 1. The minimum absolute atomic E-state index is 0.327. The second-order valence-electron chi connectivity index (χ2n) is 4.53. The molecule has 0 aliphatic heterocycles. The first-order valence-electron chi connectivity index (χ1n) is 6.27. The number of imidazole rings is 1. The van der Waals surface area contributed by atoms with Crippen LogP contribution in [-0.2, 0) is 13.0 Å². The predicted octanol–water partition coefficient (Wildman–Crippen LogP) is 4.19. The molecule has 0 spiro atoms. The monoisotopic (exact) mass is 353 g/mol. The number of nitrogens with zero attached hydrogens (tertiary/aromatic N) is 2. The summed E-state index contributed by atoms with van der Waals surface area (Å²) in [5.74, 6) is 0.0792. The van der Waals surface area contributed by atoms with Crippen LogP contribution in [0.4, 0.5) is 10.3 Å². The molecule has 0 radical (unpaired) electrons. The van der Waals surface area contributed by atoms with Crippen LogP contribution in [0.2, 0.25) is 0 Å². The number of nitrogen functional groups attached to an aromatic ring is 1. The Morgan fingerprint density at radius 3 is 2.80 bits per heavy atom. The van der Waals surface area contributed by atoms with Crippen molar-refractivity contribution in [2.75, 3.05) is 5.73 Å². The van der Waals surface area contributed by atoms with Crippen molar-refractivity contribution in [3.8, 4) is 0 Å². The summed E-state index contributed by atoms with van der Waals surface area (Å²) < 4.78 is 15.9. The normalized spacial score (nSPS) is 11.3. The van der Waals surface area contributed by atoms with Gasteiger partial charge in [0.1, 0.15) is 5.82 Å². The molecule has 3 rings (SSSR count). The maximum Gasteiger partial charge on any atom is 0.201 e. The number of rotatable bonds is 3. The van der Waals surface area contributed by atoms with E-state index in [-0.39, 0.29) is 5.82 Å². The molecular weight excluding hydrogens is 341 g/mol. The second-order valence-corrected chi connectivity index (χ2v) is 6.64. The summed E-state index contributed by atoms with van der Waals surface area (Å²) >= 11 is 4.97. The first-order chi connectivity index (χ1) is 9.58. The lowest BCUT2D eigenvalue weighted by atomic mass is 10.3. The van der Waals surface area contributed by atoms with Gasteiger partial charge in [0, 0.05) is 15.8 Å². The molecule has 0 bridgehead atoms. The summed E-state index contributed by atoms with van der Waals surface area (Å²) in [4.78, 5) is 6.78. The lowest BCUT2D eigenvalue weighted by molar-refractivity contribution is 0.622. The maximum atomic E-state index is 13.5. The van der Waals surface area contributed by atoms with Gasteiger partial charge < -0.3 is 10.3 Å². The minimum Gasteiger partial charge on any atom is -0.369 e. The van der Waals surface area contributed by atoms with E-state index < -0.39 is 0 Å². The van der Waals surface area contributed by atoms with Gasteiger partial charge in [-0.05, 0) is 40.5 Å². The first-order valence-corrected chi connectivity index (χ1v) is 7.87. The fourth-order valence-corrected chi connectivity index (χ4v) is 3.44. The molecule has 1 aromatic carbocycles. The molecule has 20 heavy (non-hydrogen) atoms. The molecule has 0 unspecified atom stereocenters.